The molecule has 9 heteroatoms. The summed E-state index contributed by atoms with van der Waals surface area (Å²) in [4.78, 5) is 0. The molecule has 0 amide bonds. The number of allylic oxidation sites excluding steroid dienone is 32. The van der Waals surface area contributed by atoms with Crippen LogP contribution in [0.3, 0.4) is 0 Å². The summed E-state index contributed by atoms with van der Waals surface area (Å²) >= 11 is -8.39. The Labute approximate surface area is 727 Å². The molecule has 12 aliphatic carbocycles. The van der Waals surface area contributed by atoms with Crippen LogP contribution in [0.25, 0.3) is 86.2 Å². The van der Waals surface area contributed by atoms with Crippen molar-refractivity contribution in [2.24, 2.45) is 23.7 Å². The SMILES string of the molecule is COc1c2ccccc2c(C2C=CC=CC3=C2C=C(C2CC2)[C]32[SiH](C)[C]3(C(C4CC4)=CC4=C3C=CC=CC4c3c4ccccc4c(OC)c4ccccc34)[Zr]23([Cl])([Cl])[C]2(C(C4CC4)=CC4=C2C=CC=CC4c2c4ccccc4c(OC)c4ccccc24)[SiH](C)[C]32C(C3CC3)=CC3=C2C=CC=CC3c2c3ccccc3c(OC)c3ccccc23)c2ccccc12. The Morgan fingerprint density at radius 2 is 0.431 bits per heavy atom. The van der Waals surface area contributed by atoms with Crippen LogP contribution in [0.2, 0.25) is 24.1 Å². The van der Waals surface area contributed by atoms with Gasteiger partial charge < -0.3 is 0 Å². The second-order valence-electron chi connectivity index (χ2n) is 38.3. The molecule has 8 unspecified atom stereocenters. The van der Waals surface area contributed by atoms with Gasteiger partial charge in [-0.2, -0.15) is 0 Å². The first-order chi connectivity index (χ1) is 60.4. The second-order valence-corrected chi connectivity index (χ2v) is 78.1. The standard InChI is InChI=1S/2C57H48O2Si.2ClH.Zr/c2*1-58-54-42-22-10-4-16-36(42)52(37-17-5-11-23-43(37)54)40-20-8-14-26-46-50(40)32-48(34-28-29-34)56(46)60(3)57-47-27-15-9-21-41(51(47)33-49(57)35-30-31-35)53-38-18-6-12-24-44(38)55(59-2)45-25-13-7-19-39(45)53;;;/h2*4-27,32-35,40-41,60H,28-31H2,1-3H3;2*1H;/q;;;;+2/p-2. The van der Waals surface area contributed by atoms with Crippen molar-refractivity contribution < 1.29 is 33.9 Å². The average molecular weight is 1750 g/mol. The molecule has 2 saturated heterocycles. The summed E-state index contributed by atoms with van der Waals surface area (Å²) in [6, 6.07) is 73.2. The van der Waals surface area contributed by atoms with Crippen molar-refractivity contribution >= 4 is 121 Å². The molecular weight excluding hydrogens is 1650 g/mol. The van der Waals surface area contributed by atoms with Crippen LogP contribution in [0.15, 0.2) is 383 Å². The molecule has 4 nitrogen and oxygen atoms in total. The zero-order valence-electron chi connectivity index (χ0n) is 70.3. The van der Waals surface area contributed by atoms with Crippen LogP contribution in [0, 0.1) is 23.7 Å². The van der Waals surface area contributed by atoms with Crippen molar-refractivity contribution in [2.45, 2.75) is 99.1 Å². The van der Waals surface area contributed by atoms with Gasteiger partial charge in [-0.15, -0.1) is 0 Å². The third-order valence-corrected chi connectivity index (χ3v) is 117. The molecule has 0 bridgehead atoms. The molecule has 12 aromatic carbocycles. The van der Waals surface area contributed by atoms with E-state index in [4.69, 9.17) is 18.9 Å². The molecule has 602 valence electrons. The van der Waals surface area contributed by atoms with Crippen LogP contribution in [0.5, 0.6) is 23.0 Å². The fraction of sp³-hybridized carbons (Fsp3) is 0.228. The van der Waals surface area contributed by atoms with Gasteiger partial charge in [0.15, 0.2) is 0 Å². The van der Waals surface area contributed by atoms with E-state index in [1.54, 1.807) is 22.3 Å². The van der Waals surface area contributed by atoms with E-state index in [1.807, 2.05) is 28.4 Å². The van der Waals surface area contributed by atoms with Gasteiger partial charge in [-0.1, -0.05) is 0 Å². The zero-order chi connectivity index (χ0) is 82.2. The minimum atomic E-state index is -8.39. The summed E-state index contributed by atoms with van der Waals surface area (Å²) in [5.74, 6) is 3.83. The third kappa shape index (κ3) is 8.32. The van der Waals surface area contributed by atoms with Gasteiger partial charge in [-0.25, -0.2) is 0 Å². The van der Waals surface area contributed by atoms with E-state index >= 15 is 0 Å². The summed E-state index contributed by atoms with van der Waals surface area (Å²) in [7, 11) is 27.1. The summed E-state index contributed by atoms with van der Waals surface area (Å²) in [6.07, 6.45) is 61.3. The van der Waals surface area contributed by atoms with Crippen LogP contribution in [0.1, 0.15) is 97.3 Å². The summed E-state index contributed by atoms with van der Waals surface area (Å²) < 4.78 is 23.2. The minimum absolute atomic E-state index is 0.204. The Morgan fingerprint density at radius 3 is 0.593 bits per heavy atom. The monoisotopic (exact) mass is 1740 g/mol. The third-order valence-electron chi connectivity index (χ3n) is 34.0. The average Bonchev–Trinajstić information content (AvgIpc) is 1.49. The fourth-order valence-electron chi connectivity index (χ4n) is 30.4. The number of halogens is 2. The molecule has 2 aliphatic heterocycles. The molecule has 26 rings (SSSR count). The Kier molecular flexibility index (Phi) is 15.5. The topological polar surface area (TPSA) is 36.9 Å². The molecule has 2 heterocycles. The summed E-state index contributed by atoms with van der Waals surface area (Å²) in [5, 5.41) is 18.7. The van der Waals surface area contributed by atoms with E-state index in [-0.39, 0.29) is 47.3 Å². The Balaban J connectivity index is 0.890. The van der Waals surface area contributed by atoms with E-state index in [0.717, 1.165) is 117 Å². The van der Waals surface area contributed by atoms with Crippen LogP contribution in [0.4, 0.5) is 0 Å². The van der Waals surface area contributed by atoms with Gasteiger partial charge in [0.25, 0.3) is 0 Å². The number of methoxy groups -OCH3 is 4. The van der Waals surface area contributed by atoms with Gasteiger partial charge in [0.2, 0.25) is 0 Å². The molecule has 4 saturated carbocycles. The van der Waals surface area contributed by atoms with Crippen molar-refractivity contribution in [1.82, 2.24) is 0 Å². The van der Waals surface area contributed by atoms with Crippen molar-refractivity contribution in [2.75, 3.05) is 28.4 Å². The van der Waals surface area contributed by atoms with Gasteiger partial charge >= 0.3 is 734 Å². The summed E-state index contributed by atoms with van der Waals surface area (Å²) in [5.41, 5.74) is 22.9. The van der Waals surface area contributed by atoms with E-state index in [0.29, 0.717) is 0 Å². The van der Waals surface area contributed by atoms with Gasteiger partial charge in [0.1, 0.15) is 0 Å². The number of benzene rings is 12. The number of hydrogen-bond donors (Lipinski definition) is 0. The van der Waals surface area contributed by atoms with E-state index < -0.39 is 43.5 Å². The molecule has 0 radical (unpaired) electrons. The first-order valence-corrected chi connectivity index (χ1v) is 61.1. The Hall–Kier alpha value is -10.3. The normalized spacial score (nSPS) is 29.3. The zero-order valence-corrected chi connectivity index (χ0v) is 76.6. The molecular formula is C114H96Cl2O4Si2Zr. The molecule has 14 aliphatic rings. The number of hydrogen-bond acceptors (Lipinski definition) is 4. The van der Waals surface area contributed by atoms with Gasteiger partial charge in [0, 0.05) is 0 Å². The van der Waals surface area contributed by atoms with Crippen LogP contribution in [-0.4, -0.2) is 46.0 Å². The van der Waals surface area contributed by atoms with Crippen molar-refractivity contribution in [3.05, 3.63) is 405 Å². The van der Waals surface area contributed by atoms with Crippen molar-refractivity contribution in [1.29, 1.82) is 0 Å². The first kappa shape index (κ1) is 74.1. The Morgan fingerprint density at radius 1 is 0.260 bits per heavy atom. The van der Waals surface area contributed by atoms with Crippen LogP contribution >= 0.6 is 17.0 Å². The Bertz CT molecular complexity index is 6410. The molecule has 0 aromatic heterocycles. The van der Waals surface area contributed by atoms with E-state index in [2.05, 4.69) is 329 Å². The van der Waals surface area contributed by atoms with Gasteiger partial charge in [-0.05, 0) is 0 Å². The number of rotatable bonds is 12. The molecule has 12 aromatic rings. The second kappa shape index (κ2) is 25.7. The predicted molar refractivity (Wildman–Crippen MR) is 516 cm³/mol. The van der Waals surface area contributed by atoms with Crippen molar-refractivity contribution in [3.63, 3.8) is 0 Å². The predicted octanol–water partition coefficient (Wildman–Crippen LogP) is 29.5. The van der Waals surface area contributed by atoms with Gasteiger partial charge in [-0.3, -0.25) is 0 Å². The first-order valence-electron chi connectivity index (χ1n) is 45.3. The summed E-state index contributed by atoms with van der Waals surface area (Å²) in [6.45, 7) is 5.89. The number of ether oxygens (including phenoxy) is 4. The maximum absolute atomic E-state index is 12.7. The molecule has 0 N–H and O–H groups in total. The van der Waals surface area contributed by atoms with Crippen LogP contribution in [-0.2, 0) is 14.9 Å². The fourth-order valence-corrected chi connectivity index (χ4v) is 152. The molecule has 123 heavy (non-hydrogen) atoms. The van der Waals surface area contributed by atoms with Crippen LogP contribution < -0.4 is 18.9 Å². The van der Waals surface area contributed by atoms with Gasteiger partial charge in [0.05, 0.1) is 0 Å². The van der Waals surface area contributed by atoms with E-state index in [1.165, 1.54) is 110 Å². The van der Waals surface area contributed by atoms with E-state index in [9.17, 15) is 17.0 Å². The molecule has 8 atom stereocenters. The molecule has 6 fully saturated rings. The maximum atomic E-state index is 12.7. The molecule has 5 spiro atoms. The van der Waals surface area contributed by atoms with Crippen molar-refractivity contribution in [3.8, 4) is 23.0 Å². The number of fused-ring (bicyclic) bond motifs is 16. The quantitative estimate of drug-likeness (QED) is 0.0902.